The molecule has 1 N–H and O–H groups in total. The molecular formula is C7H11ClN2O2S. The van der Waals surface area contributed by atoms with Gasteiger partial charge in [0.1, 0.15) is 4.90 Å². The van der Waals surface area contributed by atoms with Gasteiger partial charge in [-0.25, -0.2) is 8.42 Å². The molecule has 0 saturated heterocycles. The lowest BCUT2D eigenvalue weighted by Gasteiger charge is -2.16. The second-order valence-corrected chi connectivity index (χ2v) is 6.33. The van der Waals surface area contributed by atoms with Crippen LogP contribution in [0.4, 0.5) is 0 Å². The van der Waals surface area contributed by atoms with Crippen molar-refractivity contribution in [3.63, 3.8) is 0 Å². The molecule has 0 amide bonds. The van der Waals surface area contributed by atoms with Crippen LogP contribution in [-0.2, 0) is 14.5 Å². The third-order valence-electron chi connectivity index (χ3n) is 1.62. The maximum atomic E-state index is 11.1. The largest absolute Gasteiger partial charge is 0.281 e. The van der Waals surface area contributed by atoms with Gasteiger partial charge >= 0.3 is 0 Å². The number of nitrogens with zero attached hydrogens (tertiary/aromatic N) is 1. The molecule has 13 heavy (non-hydrogen) atoms. The Bertz CT molecular complexity index is 402. The van der Waals surface area contributed by atoms with Gasteiger partial charge in [-0.2, -0.15) is 5.10 Å². The van der Waals surface area contributed by atoms with Crippen molar-refractivity contribution in [3.05, 3.63) is 11.9 Å². The molecule has 1 aromatic rings. The zero-order valence-corrected chi connectivity index (χ0v) is 9.20. The Labute approximate surface area is 81.7 Å². The molecular weight excluding hydrogens is 212 g/mol. The summed E-state index contributed by atoms with van der Waals surface area (Å²) in [6.45, 7) is 5.64. The zero-order valence-electron chi connectivity index (χ0n) is 7.63. The minimum Gasteiger partial charge on any atom is -0.281 e. The van der Waals surface area contributed by atoms with E-state index >= 15 is 0 Å². The molecule has 1 aromatic heterocycles. The Morgan fingerprint density at radius 3 is 2.31 bits per heavy atom. The van der Waals surface area contributed by atoms with Crippen molar-refractivity contribution < 1.29 is 8.42 Å². The summed E-state index contributed by atoms with van der Waals surface area (Å²) in [6.07, 6.45) is 1.23. The number of rotatable bonds is 1. The molecule has 4 nitrogen and oxygen atoms in total. The highest BCUT2D eigenvalue weighted by molar-refractivity contribution is 8.13. The third kappa shape index (κ3) is 2.22. The fourth-order valence-electron chi connectivity index (χ4n) is 0.997. The van der Waals surface area contributed by atoms with E-state index in [1.807, 2.05) is 20.8 Å². The summed E-state index contributed by atoms with van der Waals surface area (Å²) >= 11 is 0. The van der Waals surface area contributed by atoms with Crippen LogP contribution in [0.1, 0.15) is 26.5 Å². The van der Waals surface area contributed by atoms with Crippen molar-refractivity contribution in [2.75, 3.05) is 0 Å². The van der Waals surface area contributed by atoms with Crippen molar-refractivity contribution in [2.45, 2.75) is 31.1 Å². The monoisotopic (exact) mass is 222 g/mol. The van der Waals surface area contributed by atoms with Crippen molar-refractivity contribution in [1.29, 1.82) is 0 Å². The van der Waals surface area contributed by atoms with Crippen LogP contribution in [0.2, 0.25) is 0 Å². The van der Waals surface area contributed by atoms with Crippen LogP contribution in [0.5, 0.6) is 0 Å². The number of aromatic nitrogens is 2. The quantitative estimate of drug-likeness (QED) is 0.735. The Hall–Kier alpha value is -0.550. The minimum atomic E-state index is -3.69. The van der Waals surface area contributed by atoms with E-state index in [1.165, 1.54) is 6.20 Å². The second-order valence-electron chi connectivity index (χ2n) is 3.80. The molecule has 0 atom stereocenters. The Kier molecular flexibility index (Phi) is 2.42. The van der Waals surface area contributed by atoms with E-state index in [9.17, 15) is 8.42 Å². The summed E-state index contributed by atoms with van der Waals surface area (Å²) in [6, 6.07) is 0. The molecule has 1 rings (SSSR count). The molecule has 74 valence electrons. The first-order valence-electron chi connectivity index (χ1n) is 3.71. The average Bonchev–Trinajstić information content (AvgIpc) is 2.27. The zero-order chi connectivity index (χ0) is 10.3. The molecule has 0 aliphatic carbocycles. The van der Waals surface area contributed by atoms with E-state index in [1.54, 1.807) is 0 Å². The standard InChI is InChI=1S/C7H11ClN2O2S/c1-7(2,3)6-5(4-9-10-6)13(8,11)12/h4H,1-3H3,(H,9,10). The predicted molar refractivity (Wildman–Crippen MR) is 50.3 cm³/mol. The van der Waals surface area contributed by atoms with Crippen molar-refractivity contribution >= 4 is 19.7 Å². The molecule has 0 aliphatic heterocycles. The van der Waals surface area contributed by atoms with Crippen LogP contribution < -0.4 is 0 Å². The van der Waals surface area contributed by atoms with Crippen LogP contribution in [-0.4, -0.2) is 18.6 Å². The number of hydrogen-bond acceptors (Lipinski definition) is 3. The molecule has 0 aromatic carbocycles. The van der Waals surface area contributed by atoms with Gasteiger partial charge in [0.2, 0.25) is 0 Å². The highest BCUT2D eigenvalue weighted by Crippen LogP contribution is 2.28. The lowest BCUT2D eigenvalue weighted by Crippen LogP contribution is -2.15. The summed E-state index contributed by atoms with van der Waals surface area (Å²) in [5.41, 5.74) is 0.218. The normalized spacial score (nSPS) is 13.2. The Balaban J connectivity index is 3.35. The molecule has 0 spiro atoms. The van der Waals surface area contributed by atoms with Crippen LogP contribution >= 0.6 is 10.7 Å². The topological polar surface area (TPSA) is 62.8 Å². The molecule has 0 unspecified atom stereocenters. The van der Waals surface area contributed by atoms with Gasteiger partial charge in [0, 0.05) is 16.1 Å². The van der Waals surface area contributed by atoms with Crippen molar-refractivity contribution in [1.82, 2.24) is 10.2 Å². The predicted octanol–water partition coefficient (Wildman–Crippen LogP) is 1.63. The van der Waals surface area contributed by atoms with Crippen LogP contribution in [0.15, 0.2) is 11.1 Å². The van der Waals surface area contributed by atoms with Crippen LogP contribution in [0, 0.1) is 0 Å². The fraction of sp³-hybridized carbons (Fsp3) is 0.571. The maximum Gasteiger partial charge on any atom is 0.264 e. The van der Waals surface area contributed by atoms with E-state index in [2.05, 4.69) is 10.2 Å². The first-order chi connectivity index (χ1) is 5.73. The van der Waals surface area contributed by atoms with Gasteiger partial charge in [-0.1, -0.05) is 20.8 Å². The summed E-state index contributed by atoms with van der Waals surface area (Å²) < 4.78 is 22.1. The SMILES string of the molecule is CC(C)(C)c1[nH]ncc1S(=O)(=O)Cl. The maximum absolute atomic E-state index is 11.1. The van der Waals surface area contributed by atoms with E-state index in [-0.39, 0.29) is 10.3 Å². The molecule has 0 bridgehead atoms. The van der Waals surface area contributed by atoms with Crippen LogP contribution in [0.3, 0.4) is 0 Å². The molecule has 6 heteroatoms. The number of hydrogen-bond donors (Lipinski definition) is 1. The summed E-state index contributed by atoms with van der Waals surface area (Å²) in [4.78, 5) is 0.0571. The molecule has 0 radical (unpaired) electrons. The fourth-order valence-corrected chi connectivity index (χ4v) is 2.12. The number of H-pyrrole nitrogens is 1. The van der Waals surface area contributed by atoms with Gasteiger partial charge in [0.25, 0.3) is 9.05 Å². The highest BCUT2D eigenvalue weighted by Gasteiger charge is 2.26. The smallest absolute Gasteiger partial charge is 0.264 e. The summed E-state index contributed by atoms with van der Waals surface area (Å²) in [5, 5.41) is 6.31. The first kappa shape index (κ1) is 10.5. The average molecular weight is 223 g/mol. The van der Waals surface area contributed by atoms with Gasteiger partial charge in [-0.15, -0.1) is 0 Å². The number of aromatic amines is 1. The lowest BCUT2D eigenvalue weighted by molar-refractivity contribution is 0.549. The van der Waals surface area contributed by atoms with Gasteiger partial charge in [0.15, 0.2) is 0 Å². The molecule has 1 heterocycles. The van der Waals surface area contributed by atoms with Gasteiger partial charge in [0.05, 0.1) is 11.9 Å². The van der Waals surface area contributed by atoms with Crippen LogP contribution in [0.25, 0.3) is 0 Å². The van der Waals surface area contributed by atoms with E-state index in [0.29, 0.717) is 5.69 Å². The number of nitrogens with one attached hydrogen (secondary N) is 1. The van der Waals surface area contributed by atoms with E-state index in [0.717, 1.165) is 0 Å². The highest BCUT2D eigenvalue weighted by atomic mass is 35.7. The molecule has 0 saturated carbocycles. The second kappa shape index (κ2) is 2.99. The van der Waals surface area contributed by atoms with Gasteiger partial charge < -0.3 is 0 Å². The Morgan fingerprint density at radius 1 is 1.46 bits per heavy atom. The van der Waals surface area contributed by atoms with Crippen molar-refractivity contribution in [2.24, 2.45) is 0 Å². The third-order valence-corrected chi connectivity index (χ3v) is 2.95. The molecule has 0 aliphatic rings. The first-order valence-corrected chi connectivity index (χ1v) is 6.02. The minimum absolute atomic E-state index is 0.0571. The number of halogens is 1. The summed E-state index contributed by atoms with van der Waals surface area (Å²) in [7, 11) is 1.53. The van der Waals surface area contributed by atoms with Gasteiger partial charge in [-0.05, 0) is 0 Å². The van der Waals surface area contributed by atoms with E-state index < -0.39 is 9.05 Å². The lowest BCUT2D eigenvalue weighted by atomic mass is 9.92. The molecule has 0 fully saturated rings. The van der Waals surface area contributed by atoms with Crippen molar-refractivity contribution in [3.8, 4) is 0 Å². The Morgan fingerprint density at radius 2 is 2.00 bits per heavy atom. The van der Waals surface area contributed by atoms with Gasteiger partial charge in [-0.3, -0.25) is 5.10 Å². The van der Waals surface area contributed by atoms with E-state index in [4.69, 9.17) is 10.7 Å². The summed E-state index contributed by atoms with van der Waals surface area (Å²) in [5.74, 6) is 0.